The normalized spacial score (nSPS) is 18.0. The second kappa shape index (κ2) is 8.97. The van der Waals surface area contributed by atoms with Crippen molar-refractivity contribution in [3.05, 3.63) is 0 Å². The average Bonchev–Trinajstić information content (AvgIpc) is 2.43. The molecule has 0 aromatic carbocycles. The van der Waals surface area contributed by atoms with Gasteiger partial charge in [-0.25, -0.2) is 0 Å². The number of nitrogens with one attached hydrogen (secondary N) is 1. The minimum atomic E-state index is -0.146. The maximum Gasteiger partial charge on any atom is 0.237 e. The standard InChI is InChI=1S/C16H29N3O/c1-13(2)12-19(11-7-10-17)14(3)16(20)18-15-8-5-4-6-9-15/h13-15H,4-9,11-12H2,1-3H3,(H,18,20). The lowest BCUT2D eigenvalue weighted by atomic mass is 9.95. The molecule has 1 N–H and O–H groups in total. The molecular weight excluding hydrogens is 250 g/mol. The number of carbonyl (C=O) groups is 1. The molecule has 1 aliphatic carbocycles. The fraction of sp³-hybridized carbons (Fsp3) is 0.875. The number of rotatable bonds is 7. The van der Waals surface area contributed by atoms with E-state index in [1.165, 1.54) is 19.3 Å². The molecule has 0 spiro atoms. The molecule has 4 nitrogen and oxygen atoms in total. The third kappa shape index (κ3) is 5.92. The number of hydrogen-bond donors (Lipinski definition) is 1. The minimum Gasteiger partial charge on any atom is -0.352 e. The highest BCUT2D eigenvalue weighted by Gasteiger charge is 2.24. The monoisotopic (exact) mass is 279 g/mol. The molecule has 1 aliphatic rings. The van der Waals surface area contributed by atoms with E-state index in [4.69, 9.17) is 5.26 Å². The number of nitrogens with zero attached hydrogens (tertiary/aromatic N) is 2. The summed E-state index contributed by atoms with van der Waals surface area (Å²) in [6.45, 7) is 7.78. The average molecular weight is 279 g/mol. The Kier molecular flexibility index (Phi) is 7.61. The molecule has 0 heterocycles. The quantitative estimate of drug-likeness (QED) is 0.779. The lowest BCUT2D eigenvalue weighted by molar-refractivity contribution is -0.127. The molecule has 20 heavy (non-hydrogen) atoms. The molecular formula is C16H29N3O. The molecule has 0 saturated heterocycles. The van der Waals surface area contributed by atoms with E-state index in [2.05, 4.69) is 30.1 Å². The van der Waals surface area contributed by atoms with Gasteiger partial charge in [0.1, 0.15) is 0 Å². The molecule has 1 amide bonds. The van der Waals surface area contributed by atoms with Gasteiger partial charge in [-0.2, -0.15) is 5.26 Å². The van der Waals surface area contributed by atoms with E-state index >= 15 is 0 Å². The fourth-order valence-electron chi connectivity index (χ4n) is 2.84. The van der Waals surface area contributed by atoms with Crippen LogP contribution >= 0.6 is 0 Å². The summed E-state index contributed by atoms with van der Waals surface area (Å²) in [4.78, 5) is 14.5. The zero-order chi connectivity index (χ0) is 15.0. The molecule has 0 radical (unpaired) electrons. The first-order valence-electron chi connectivity index (χ1n) is 7.96. The van der Waals surface area contributed by atoms with Crippen LogP contribution < -0.4 is 5.32 Å². The Morgan fingerprint density at radius 2 is 1.95 bits per heavy atom. The number of amides is 1. The predicted octanol–water partition coefficient (Wildman–Crippen LogP) is 2.70. The summed E-state index contributed by atoms with van der Waals surface area (Å²) in [6.07, 6.45) is 6.45. The first-order chi connectivity index (χ1) is 9.54. The van der Waals surface area contributed by atoms with Gasteiger partial charge >= 0.3 is 0 Å². The number of hydrogen-bond acceptors (Lipinski definition) is 3. The van der Waals surface area contributed by atoms with Gasteiger partial charge in [-0.3, -0.25) is 9.69 Å². The van der Waals surface area contributed by atoms with Crippen molar-refractivity contribution < 1.29 is 4.79 Å². The second-order valence-corrected chi connectivity index (χ2v) is 6.32. The van der Waals surface area contributed by atoms with Crippen LogP contribution in [0.4, 0.5) is 0 Å². The molecule has 1 atom stereocenters. The Hall–Kier alpha value is -1.08. The summed E-state index contributed by atoms with van der Waals surface area (Å²) >= 11 is 0. The van der Waals surface area contributed by atoms with E-state index in [0.717, 1.165) is 19.4 Å². The molecule has 1 rings (SSSR count). The predicted molar refractivity (Wildman–Crippen MR) is 81.1 cm³/mol. The van der Waals surface area contributed by atoms with Crippen LogP contribution in [0.2, 0.25) is 0 Å². The van der Waals surface area contributed by atoms with Crippen LogP contribution in [-0.2, 0) is 4.79 Å². The van der Waals surface area contributed by atoms with Gasteiger partial charge < -0.3 is 5.32 Å². The molecule has 1 saturated carbocycles. The van der Waals surface area contributed by atoms with Crippen LogP contribution in [-0.4, -0.2) is 36.0 Å². The van der Waals surface area contributed by atoms with Gasteiger partial charge in [0.2, 0.25) is 5.91 Å². The summed E-state index contributed by atoms with van der Waals surface area (Å²) in [5, 5.41) is 11.9. The summed E-state index contributed by atoms with van der Waals surface area (Å²) < 4.78 is 0. The first kappa shape index (κ1) is 17.0. The maximum absolute atomic E-state index is 12.4. The minimum absolute atomic E-state index is 0.121. The molecule has 114 valence electrons. The largest absolute Gasteiger partial charge is 0.352 e. The molecule has 0 bridgehead atoms. The second-order valence-electron chi connectivity index (χ2n) is 6.32. The van der Waals surface area contributed by atoms with Crippen molar-refractivity contribution >= 4 is 5.91 Å². The van der Waals surface area contributed by atoms with Crippen LogP contribution in [0.3, 0.4) is 0 Å². The molecule has 4 heteroatoms. The highest BCUT2D eigenvalue weighted by Crippen LogP contribution is 2.17. The summed E-state index contributed by atoms with van der Waals surface area (Å²) in [6, 6.07) is 2.38. The van der Waals surface area contributed by atoms with Gasteiger partial charge in [0.15, 0.2) is 0 Å². The summed E-state index contributed by atoms with van der Waals surface area (Å²) in [5.41, 5.74) is 0. The van der Waals surface area contributed by atoms with Crippen molar-refractivity contribution in [2.75, 3.05) is 13.1 Å². The first-order valence-corrected chi connectivity index (χ1v) is 7.96. The Bertz CT molecular complexity index is 329. The van der Waals surface area contributed by atoms with Crippen molar-refractivity contribution in [3.8, 4) is 6.07 Å². The van der Waals surface area contributed by atoms with E-state index in [1.54, 1.807) is 0 Å². The van der Waals surface area contributed by atoms with Crippen LogP contribution in [0.5, 0.6) is 0 Å². The van der Waals surface area contributed by atoms with E-state index in [0.29, 0.717) is 24.9 Å². The highest BCUT2D eigenvalue weighted by atomic mass is 16.2. The molecule has 1 unspecified atom stereocenters. The van der Waals surface area contributed by atoms with Crippen molar-refractivity contribution in [2.24, 2.45) is 5.92 Å². The van der Waals surface area contributed by atoms with Crippen molar-refractivity contribution in [2.45, 2.75) is 71.4 Å². The van der Waals surface area contributed by atoms with Crippen molar-refractivity contribution in [1.29, 1.82) is 5.26 Å². The van der Waals surface area contributed by atoms with E-state index < -0.39 is 0 Å². The Labute approximate surface area is 123 Å². The van der Waals surface area contributed by atoms with Crippen molar-refractivity contribution in [3.63, 3.8) is 0 Å². The van der Waals surface area contributed by atoms with Gasteiger partial charge in [-0.15, -0.1) is 0 Å². The number of carbonyl (C=O) groups excluding carboxylic acids is 1. The van der Waals surface area contributed by atoms with Crippen LogP contribution in [0, 0.1) is 17.2 Å². The lowest BCUT2D eigenvalue weighted by Crippen LogP contribution is -2.49. The summed E-state index contributed by atoms with van der Waals surface area (Å²) in [7, 11) is 0. The van der Waals surface area contributed by atoms with Crippen LogP contribution in [0.15, 0.2) is 0 Å². The highest BCUT2D eigenvalue weighted by molar-refractivity contribution is 5.81. The zero-order valence-corrected chi connectivity index (χ0v) is 13.2. The van der Waals surface area contributed by atoms with Gasteiger partial charge in [-0.05, 0) is 25.7 Å². The van der Waals surface area contributed by atoms with Crippen LogP contribution in [0.25, 0.3) is 0 Å². The smallest absolute Gasteiger partial charge is 0.237 e. The Morgan fingerprint density at radius 3 is 2.50 bits per heavy atom. The van der Waals surface area contributed by atoms with E-state index in [9.17, 15) is 4.79 Å². The summed E-state index contributed by atoms with van der Waals surface area (Å²) in [5.74, 6) is 0.620. The van der Waals surface area contributed by atoms with Crippen molar-refractivity contribution in [1.82, 2.24) is 10.2 Å². The molecule has 1 fully saturated rings. The maximum atomic E-state index is 12.4. The molecule has 0 aromatic rings. The molecule has 0 aromatic heterocycles. The van der Waals surface area contributed by atoms with Gasteiger partial charge in [-0.1, -0.05) is 33.1 Å². The Balaban J connectivity index is 2.50. The topological polar surface area (TPSA) is 56.1 Å². The zero-order valence-electron chi connectivity index (χ0n) is 13.2. The van der Waals surface area contributed by atoms with Crippen LogP contribution in [0.1, 0.15) is 59.3 Å². The van der Waals surface area contributed by atoms with E-state index in [1.807, 2.05) is 6.92 Å². The third-order valence-electron chi connectivity index (χ3n) is 3.99. The van der Waals surface area contributed by atoms with Gasteiger partial charge in [0.25, 0.3) is 0 Å². The third-order valence-corrected chi connectivity index (χ3v) is 3.99. The van der Waals surface area contributed by atoms with Gasteiger partial charge in [0.05, 0.1) is 12.1 Å². The lowest BCUT2D eigenvalue weighted by Gasteiger charge is -2.31. The number of nitriles is 1. The fourth-order valence-corrected chi connectivity index (χ4v) is 2.84. The SMILES string of the molecule is CC(C)CN(CCC#N)C(C)C(=O)NC1CCCCC1. The van der Waals surface area contributed by atoms with Gasteiger partial charge in [0, 0.05) is 25.6 Å². The Morgan fingerprint density at radius 1 is 1.30 bits per heavy atom. The molecule has 0 aliphatic heterocycles. The van der Waals surface area contributed by atoms with E-state index in [-0.39, 0.29) is 11.9 Å².